The number of hydrogen-bond donors (Lipinski definition) is 2. The summed E-state index contributed by atoms with van der Waals surface area (Å²) < 4.78 is 5.29. The summed E-state index contributed by atoms with van der Waals surface area (Å²) in [6, 6.07) is 7.45. The van der Waals surface area contributed by atoms with Gasteiger partial charge in [0, 0.05) is 25.0 Å². The molecule has 1 saturated heterocycles. The van der Waals surface area contributed by atoms with Crippen LogP contribution in [-0.4, -0.2) is 43.0 Å². The zero-order chi connectivity index (χ0) is 19.0. The summed E-state index contributed by atoms with van der Waals surface area (Å²) in [7, 11) is 1.59. The molecule has 6 heteroatoms. The van der Waals surface area contributed by atoms with E-state index in [2.05, 4.69) is 5.32 Å². The Hall–Kier alpha value is -2.08. The first-order valence-electron chi connectivity index (χ1n) is 10.1. The fourth-order valence-electron chi connectivity index (χ4n) is 5.26. The fourth-order valence-corrected chi connectivity index (χ4v) is 5.26. The number of nitrogens with zero attached hydrogens (tertiary/aromatic N) is 1. The topological polar surface area (TPSA) is 84.7 Å². The van der Waals surface area contributed by atoms with E-state index in [1.807, 2.05) is 29.2 Å². The Kier molecular flexibility index (Phi) is 5.08. The summed E-state index contributed by atoms with van der Waals surface area (Å²) in [5.41, 5.74) is 7.03. The van der Waals surface area contributed by atoms with Gasteiger partial charge in [0.1, 0.15) is 5.75 Å². The number of fused-ring (bicyclic) bond motifs is 2. The van der Waals surface area contributed by atoms with Crippen LogP contribution in [0, 0.1) is 23.7 Å². The molecule has 1 aliphatic heterocycles. The van der Waals surface area contributed by atoms with Gasteiger partial charge in [-0.1, -0.05) is 12.1 Å². The molecule has 1 aromatic rings. The number of nitrogens with two attached hydrogens (primary N) is 1. The van der Waals surface area contributed by atoms with Gasteiger partial charge in [-0.2, -0.15) is 0 Å². The molecular formula is C21H29N3O3. The number of nitrogens with one attached hydrogen (secondary N) is 1. The molecule has 0 aromatic heterocycles. The van der Waals surface area contributed by atoms with Gasteiger partial charge in [-0.3, -0.25) is 9.59 Å². The number of rotatable bonds is 4. The van der Waals surface area contributed by atoms with E-state index >= 15 is 0 Å². The molecule has 2 saturated carbocycles. The summed E-state index contributed by atoms with van der Waals surface area (Å²) in [6.07, 6.45) is 4.84. The predicted octanol–water partition coefficient (Wildman–Crippen LogP) is 2.25. The number of amides is 2. The molecule has 2 bridgehead atoms. The zero-order valence-electron chi connectivity index (χ0n) is 15.9. The first-order chi connectivity index (χ1) is 13.1. The van der Waals surface area contributed by atoms with Crippen LogP contribution in [-0.2, 0) is 9.59 Å². The molecular weight excluding hydrogens is 342 g/mol. The molecule has 1 aromatic carbocycles. The fraction of sp³-hybridized carbons (Fsp3) is 0.619. The van der Waals surface area contributed by atoms with Crippen molar-refractivity contribution in [3.05, 3.63) is 24.3 Å². The molecule has 27 heavy (non-hydrogen) atoms. The maximum atomic E-state index is 13.0. The number of benzene rings is 1. The maximum Gasteiger partial charge on any atom is 0.227 e. The van der Waals surface area contributed by atoms with Crippen LogP contribution < -0.4 is 15.8 Å². The lowest BCUT2D eigenvalue weighted by Crippen LogP contribution is -2.50. The van der Waals surface area contributed by atoms with Crippen molar-refractivity contribution in [3.63, 3.8) is 0 Å². The Bertz CT molecular complexity index is 712. The molecule has 146 valence electrons. The number of likely N-dealkylation sites (tertiary alicyclic amines) is 1. The summed E-state index contributed by atoms with van der Waals surface area (Å²) in [5.74, 6) is 1.82. The van der Waals surface area contributed by atoms with Crippen LogP contribution in [0.4, 0.5) is 5.69 Å². The van der Waals surface area contributed by atoms with Crippen LogP contribution in [0.3, 0.4) is 0 Å². The van der Waals surface area contributed by atoms with E-state index < -0.39 is 0 Å². The lowest BCUT2D eigenvalue weighted by Gasteiger charge is -2.36. The standard InChI is InChI=1S/C21H29N3O3/c1-27-17-5-3-2-4-16(17)23-20(25)13-8-10-24(11-9-13)21(26)18-14-6-7-15(12-14)19(18)22/h2-5,13-15,18-19H,6-12,22H2,1H3,(H,23,25). The van der Waals surface area contributed by atoms with Crippen LogP contribution in [0.15, 0.2) is 24.3 Å². The second-order valence-electron chi connectivity index (χ2n) is 8.23. The van der Waals surface area contributed by atoms with Crippen LogP contribution in [0.2, 0.25) is 0 Å². The van der Waals surface area contributed by atoms with E-state index in [-0.39, 0.29) is 29.7 Å². The minimum atomic E-state index is -0.0762. The van der Waals surface area contributed by atoms with E-state index in [9.17, 15) is 9.59 Å². The highest BCUT2D eigenvalue weighted by Gasteiger charge is 2.50. The third-order valence-electron chi connectivity index (χ3n) is 6.81. The Morgan fingerprint density at radius 2 is 1.81 bits per heavy atom. The molecule has 2 amide bonds. The predicted molar refractivity (Wildman–Crippen MR) is 103 cm³/mol. The van der Waals surface area contributed by atoms with Gasteiger partial charge in [0.15, 0.2) is 0 Å². The molecule has 3 N–H and O–H groups in total. The van der Waals surface area contributed by atoms with Gasteiger partial charge in [-0.05, 0) is 56.1 Å². The average Bonchev–Trinajstić information content (AvgIpc) is 3.29. The van der Waals surface area contributed by atoms with Gasteiger partial charge in [0.05, 0.1) is 18.7 Å². The molecule has 2 aliphatic carbocycles. The van der Waals surface area contributed by atoms with Crippen LogP contribution in [0.1, 0.15) is 32.1 Å². The summed E-state index contributed by atoms with van der Waals surface area (Å²) >= 11 is 0. The van der Waals surface area contributed by atoms with Gasteiger partial charge >= 0.3 is 0 Å². The molecule has 3 aliphatic rings. The number of piperidine rings is 1. The lowest BCUT2D eigenvalue weighted by molar-refractivity contribution is -0.140. The van der Waals surface area contributed by atoms with Gasteiger partial charge in [-0.15, -0.1) is 0 Å². The molecule has 4 atom stereocenters. The molecule has 0 radical (unpaired) electrons. The normalized spacial score (nSPS) is 30.4. The van der Waals surface area contributed by atoms with Gasteiger partial charge in [-0.25, -0.2) is 0 Å². The Morgan fingerprint density at radius 3 is 2.48 bits per heavy atom. The van der Waals surface area contributed by atoms with Crippen molar-refractivity contribution in [2.45, 2.75) is 38.1 Å². The number of carbonyl (C=O) groups excluding carboxylic acids is 2. The highest BCUT2D eigenvalue weighted by atomic mass is 16.5. The second-order valence-corrected chi connectivity index (χ2v) is 8.23. The lowest BCUT2D eigenvalue weighted by atomic mass is 9.83. The Labute approximate surface area is 160 Å². The van der Waals surface area contributed by atoms with Crippen LogP contribution in [0.25, 0.3) is 0 Å². The van der Waals surface area contributed by atoms with E-state index in [1.165, 1.54) is 6.42 Å². The summed E-state index contributed by atoms with van der Waals surface area (Å²) in [5, 5.41) is 2.97. The molecule has 4 rings (SSSR count). The SMILES string of the molecule is COc1ccccc1NC(=O)C1CCN(C(=O)C2C3CCC(C3)C2N)CC1. The van der Waals surface area contributed by atoms with Crippen molar-refractivity contribution in [1.82, 2.24) is 4.90 Å². The number of para-hydroxylation sites is 2. The average molecular weight is 371 g/mol. The quantitative estimate of drug-likeness (QED) is 0.850. The van der Waals surface area contributed by atoms with Gasteiger partial charge in [0.25, 0.3) is 0 Å². The zero-order valence-corrected chi connectivity index (χ0v) is 15.9. The van der Waals surface area contributed by atoms with E-state index in [0.29, 0.717) is 49.2 Å². The van der Waals surface area contributed by atoms with Gasteiger partial charge < -0.3 is 20.7 Å². The number of methoxy groups -OCH3 is 1. The third kappa shape index (κ3) is 3.43. The monoisotopic (exact) mass is 371 g/mol. The first kappa shape index (κ1) is 18.3. The van der Waals surface area contributed by atoms with Crippen LogP contribution in [0.5, 0.6) is 5.75 Å². The minimum Gasteiger partial charge on any atom is -0.495 e. The van der Waals surface area contributed by atoms with E-state index in [4.69, 9.17) is 10.5 Å². The Morgan fingerprint density at radius 1 is 1.11 bits per heavy atom. The molecule has 4 unspecified atom stereocenters. The third-order valence-corrected chi connectivity index (χ3v) is 6.81. The van der Waals surface area contributed by atoms with E-state index in [0.717, 1.165) is 12.8 Å². The van der Waals surface area contributed by atoms with Crippen molar-refractivity contribution in [2.24, 2.45) is 29.4 Å². The maximum absolute atomic E-state index is 13.0. The highest BCUT2D eigenvalue weighted by Crippen LogP contribution is 2.48. The van der Waals surface area contributed by atoms with Crippen molar-refractivity contribution in [3.8, 4) is 5.75 Å². The smallest absolute Gasteiger partial charge is 0.227 e. The number of hydrogen-bond acceptors (Lipinski definition) is 4. The summed E-state index contributed by atoms with van der Waals surface area (Å²) in [6.45, 7) is 1.28. The number of ether oxygens (including phenoxy) is 1. The van der Waals surface area contributed by atoms with Gasteiger partial charge in [0.2, 0.25) is 11.8 Å². The summed E-state index contributed by atoms with van der Waals surface area (Å²) in [4.78, 5) is 27.6. The molecule has 6 nitrogen and oxygen atoms in total. The molecule has 1 heterocycles. The first-order valence-corrected chi connectivity index (χ1v) is 10.1. The molecule has 3 fully saturated rings. The van der Waals surface area contributed by atoms with Crippen molar-refractivity contribution >= 4 is 17.5 Å². The van der Waals surface area contributed by atoms with Crippen LogP contribution >= 0.6 is 0 Å². The van der Waals surface area contributed by atoms with Crippen molar-refractivity contribution in [1.29, 1.82) is 0 Å². The minimum absolute atomic E-state index is 0.00251. The molecule has 0 spiro atoms. The second kappa shape index (κ2) is 7.50. The number of anilines is 1. The Balaban J connectivity index is 1.32. The highest BCUT2D eigenvalue weighted by molar-refractivity contribution is 5.94. The largest absolute Gasteiger partial charge is 0.495 e. The number of carbonyl (C=O) groups is 2. The van der Waals surface area contributed by atoms with Crippen molar-refractivity contribution < 1.29 is 14.3 Å². The van der Waals surface area contributed by atoms with E-state index in [1.54, 1.807) is 7.11 Å². The van der Waals surface area contributed by atoms with Crippen molar-refractivity contribution in [2.75, 3.05) is 25.5 Å².